The fraction of sp³-hybridized carbons (Fsp3) is 0.238. The van der Waals surface area contributed by atoms with Gasteiger partial charge in [-0.2, -0.15) is 4.98 Å². The van der Waals surface area contributed by atoms with Crippen molar-refractivity contribution in [1.29, 1.82) is 0 Å². The van der Waals surface area contributed by atoms with Crippen LogP contribution in [0.15, 0.2) is 60.8 Å². The largest absolute Gasteiger partial charge is 0.372 e. The van der Waals surface area contributed by atoms with Gasteiger partial charge in [0.15, 0.2) is 0 Å². The van der Waals surface area contributed by atoms with Gasteiger partial charge in [0.25, 0.3) is 0 Å². The molecule has 0 fully saturated rings. The van der Waals surface area contributed by atoms with Gasteiger partial charge in [-0.25, -0.2) is 9.37 Å². The number of nitrogens with one attached hydrogen (secondary N) is 2. The number of anilines is 4. The Kier molecular flexibility index (Phi) is 6.20. The third kappa shape index (κ3) is 4.94. The Morgan fingerprint density at radius 2 is 1.70 bits per heavy atom. The molecular formula is C21H24FN5. The molecule has 0 saturated carbocycles. The monoisotopic (exact) mass is 365 g/mol. The second-order valence-corrected chi connectivity index (χ2v) is 6.05. The van der Waals surface area contributed by atoms with E-state index in [2.05, 4.69) is 51.5 Å². The Balaban J connectivity index is 1.64. The van der Waals surface area contributed by atoms with E-state index in [1.807, 2.05) is 18.2 Å². The lowest BCUT2D eigenvalue weighted by Gasteiger charge is -2.21. The summed E-state index contributed by atoms with van der Waals surface area (Å²) in [5.41, 5.74) is 2.70. The van der Waals surface area contributed by atoms with Crippen molar-refractivity contribution in [3.8, 4) is 0 Å². The fourth-order valence-electron chi connectivity index (χ4n) is 2.82. The summed E-state index contributed by atoms with van der Waals surface area (Å²) in [4.78, 5) is 11.0. The number of benzene rings is 2. The molecular weight excluding hydrogens is 341 g/mol. The topological polar surface area (TPSA) is 53.1 Å². The van der Waals surface area contributed by atoms with Crippen LogP contribution in [0.5, 0.6) is 0 Å². The third-order valence-electron chi connectivity index (χ3n) is 4.33. The van der Waals surface area contributed by atoms with Crippen molar-refractivity contribution in [2.45, 2.75) is 20.4 Å². The van der Waals surface area contributed by atoms with Crippen LogP contribution >= 0.6 is 0 Å². The number of halogens is 1. The molecule has 0 aliphatic heterocycles. The summed E-state index contributed by atoms with van der Waals surface area (Å²) in [5, 5.41) is 6.33. The Hall–Kier alpha value is -3.15. The Morgan fingerprint density at radius 3 is 2.41 bits per heavy atom. The molecule has 0 bridgehead atoms. The summed E-state index contributed by atoms with van der Waals surface area (Å²) in [5.74, 6) is 0.894. The maximum Gasteiger partial charge on any atom is 0.229 e. The molecule has 3 aromatic rings. The summed E-state index contributed by atoms with van der Waals surface area (Å²) in [6.45, 7) is 6.60. The summed E-state index contributed by atoms with van der Waals surface area (Å²) in [7, 11) is 0. The third-order valence-corrected chi connectivity index (χ3v) is 4.33. The molecule has 2 N–H and O–H groups in total. The van der Waals surface area contributed by atoms with Crippen LogP contribution in [-0.2, 0) is 6.54 Å². The highest BCUT2D eigenvalue weighted by molar-refractivity contribution is 5.60. The molecule has 3 rings (SSSR count). The van der Waals surface area contributed by atoms with Crippen molar-refractivity contribution >= 4 is 23.1 Å². The van der Waals surface area contributed by atoms with Gasteiger partial charge in [-0.1, -0.05) is 18.2 Å². The van der Waals surface area contributed by atoms with Crippen LogP contribution in [0.4, 0.5) is 27.5 Å². The van der Waals surface area contributed by atoms with Gasteiger partial charge in [0.2, 0.25) is 5.95 Å². The predicted octanol–water partition coefficient (Wildman–Crippen LogP) is 4.82. The molecule has 0 unspecified atom stereocenters. The molecule has 1 aromatic heterocycles. The van der Waals surface area contributed by atoms with Crippen LogP contribution in [0.3, 0.4) is 0 Å². The van der Waals surface area contributed by atoms with Gasteiger partial charge < -0.3 is 15.5 Å². The number of aromatic nitrogens is 2. The van der Waals surface area contributed by atoms with E-state index in [0.29, 0.717) is 23.9 Å². The second kappa shape index (κ2) is 8.98. The average Bonchev–Trinajstić information content (AvgIpc) is 2.70. The standard InChI is InChI=1S/C21H24FN5/c1-3-27(4-2)18-11-9-17(10-12-18)25-21-23-14-13-20(26-21)24-15-16-7-5-6-8-19(16)22/h5-14H,3-4,15H2,1-2H3,(H2,23,24,25,26). The van der Waals surface area contributed by atoms with E-state index < -0.39 is 0 Å². The van der Waals surface area contributed by atoms with E-state index >= 15 is 0 Å². The maximum absolute atomic E-state index is 13.7. The van der Waals surface area contributed by atoms with Gasteiger partial charge in [0.1, 0.15) is 11.6 Å². The molecule has 2 aromatic carbocycles. The average molecular weight is 365 g/mol. The predicted molar refractivity (Wildman–Crippen MR) is 109 cm³/mol. The first-order valence-electron chi connectivity index (χ1n) is 9.12. The van der Waals surface area contributed by atoms with Gasteiger partial charge in [0, 0.05) is 42.8 Å². The van der Waals surface area contributed by atoms with Crippen molar-refractivity contribution in [3.63, 3.8) is 0 Å². The van der Waals surface area contributed by atoms with Crippen molar-refractivity contribution in [2.24, 2.45) is 0 Å². The van der Waals surface area contributed by atoms with Gasteiger partial charge in [-0.05, 0) is 50.2 Å². The first kappa shape index (κ1) is 18.6. The Bertz CT molecular complexity index is 862. The summed E-state index contributed by atoms with van der Waals surface area (Å²) >= 11 is 0. The van der Waals surface area contributed by atoms with Crippen molar-refractivity contribution in [3.05, 3.63) is 72.2 Å². The van der Waals surface area contributed by atoms with Crippen molar-refractivity contribution < 1.29 is 4.39 Å². The molecule has 6 heteroatoms. The molecule has 0 amide bonds. The van der Waals surface area contributed by atoms with Crippen LogP contribution in [0.1, 0.15) is 19.4 Å². The van der Waals surface area contributed by atoms with Gasteiger partial charge >= 0.3 is 0 Å². The minimum atomic E-state index is -0.231. The van der Waals surface area contributed by atoms with Crippen LogP contribution in [-0.4, -0.2) is 23.1 Å². The zero-order chi connectivity index (χ0) is 19.1. The first-order valence-corrected chi connectivity index (χ1v) is 9.12. The molecule has 0 saturated heterocycles. The minimum absolute atomic E-state index is 0.231. The first-order chi connectivity index (χ1) is 13.2. The van der Waals surface area contributed by atoms with E-state index in [1.54, 1.807) is 24.4 Å². The zero-order valence-electron chi connectivity index (χ0n) is 15.6. The molecule has 27 heavy (non-hydrogen) atoms. The number of nitrogens with zero attached hydrogens (tertiary/aromatic N) is 3. The number of hydrogen-bond acceptors (Lipinski definition) is 5. The molecule has 0 spiro atoms. The van der Waals surface area contributed by atoms with E-state index in [4.69, 9.17) is 0 Å². The zero-order valence-corrected chi connectivity index (χ0v) is 15.6. The lowest BCUT2D eigenvalue weighted by atomic mass is 10.2. The number of hydrogen-bond donors (Lipinski definition) is 2. The molecule has 0 aliphatic carbocycles. The molecule has 0 radical (unpaired) electrons. The molecule has 0 atom stereocenters. The lowest BCUT2D eigenvalue weighted by Crippen LogP contribution is -2.21. The van der Waals surface area contributed by atoms with Crippen LogP contribution < -0.4 is 15.5 Å². The van der Waals surface area contributed by atoms with Crippen LogP contribution in [0, 0.1) is 5.82 Å². The summed E-state index contributed by atoms with van der Waals surface area (Å²) in [6.07, 6.45) is 1.67. The summed E-state index contributed by atoms with van der Waals surface area (Å²) in [6, 6.07) is 16.6. The molecule has 140 valence electrons. The van der Waals surface area contributed by atoms with E-state index in [0.717, 1.165) is 18.8 Å². The molecule has 5 nitrogen and oxygen atoms in total. The SMILES string of the molecule is CCN(CC)c1ccc(Nc2nccc(NCc3ccccc3F)n2)cc1. The van der Waals surface area contributed by atoms with E-state index in [-0.39, 0.29) is 5.82 Å². The Labute approximate surface area is 159 Å². The Morgan fingerprint density at radius 1 is 0.963 bits per heavy atom. The van der Waals surface area contributed by atoms with Crippen molar-refractivity contribution in [2.75, 3.05) is 28.6 Å². The number of rotatable bonds is 8. The lowest BCUT2D eigenvalue weighted by molar-refractivity contribution is 0.613. The van der Waals surface area contributed by atoms with E-state index in [9.17, 15) is 4.39 Å². The summed E-state index contributed by atoms with van der Waals surface area (Å²) < 4.78 is 13.7. The quantitative estimate of drug-likeness (QED) is 0.599. The molecule has 1 heterocycles. The van der Waals surface area contributed by atoms with Gasteiger partial charge in [0.05, 0.1) is 0 Å². The normalized spacial score (nSPS) is 10.5. The fourth-order valence-corrected chi connectivity index (χ4v) is 2.82. The van der Waals surface area contributed by atoms with Crippen LogP contribution in [0.2, 0.25) is 0 Å². The van der Waals surface area contributed by atoms with Gasteiger partial charge in [-0.15, -0.1) is 0 Å². The molecule has 0 aliphatic rings. The smallest absolute Gasteiger partial charge is 0.229 e. The van der Waals surface area contributed by atoms with Crippen molar-refractivity contribution in [1.82, 2.24) is 9.97 Å². The maximum atomic E-state index is 13.7. The van der Waals surface area contributed by atoms with Crippen LogP contribution in [0.25, 0.3) is 0 Å². The minimum Gasteiger partial charge on any atom is -0.372 e. The van der Waals surface area contributed by atoms with E-state index in [1.165, 1.54) is 11.8 Å². The highest BCUT2D eigenvalue weighted by atomic mass is 19.1. The second-order valence-electron chi connectivity index (χ2n) is 6.05. The van der Waals surface area contributed by atoms with Gasteiger partial charge in [-0.3, -0.25) is 0 Å². The highest BCUT2D eigenvalue weighted by Gasteiger charge is 2.05. The highest BCUT2D eigenvalue weighted by Crippen LogP contribution is 2.20.